The van der Waals surface area contributed by atoms with E-state index in [1.54, 1.807) is 12.1 Å². The summed E-state index contributed by atoms with van der Waals surface area (Å²) in [4.78, 5) is 11.3. The van der Waals surface area contributed by atoms with Gasteiger partial charge in [0.25, 0.3) is 5.91 Å². The number of alkyl halides is 1. The molecule has 0 aromatic heterocycles. The molecule has 0 unspecified atom stereocenters. The van der Waals surface area contributed by atoms with Gasteiger partial charge in [-0.05, 0) is 30.5 Å². The predicted molar refractivity (Wildman–Crippen MR) is 62.4 cm³/mol. The first kappa shape index (κ1) is 13.3. The van der Waals surface area contributed by atoms with Crippen molar-refractivity contribution in [1.29, 1.82) is 0 Å². The van der Waals surface area contributed by atoms with Crippen LogP contribution in [0.1, 0.15) is 22.3 Å². The number of halogens is 1. The summed E-state index contributed by atoms with van der Waals surface area (Å²) >= 11 is 0. The van der Waals surface area contributed by atoms with Crippen LogP contribution in [0.25, 0.3) is 0 Å². The second-order valence-corrected chi connectivity index (χ2v) is 3.54. The molecule has 0 atom stereocenters. The van der Waals surface area contributed by atoms with Crippen LogP contribution in [-0.2, 0) is 6.42 Å². The second kappa shape index (κ2) is 6.08. The lowest BCUT2D eigenvalue weighted by molar-refractivity contribution is 0.0996. The summed E-state index contributed by atoms with van der Waals surface area (Å²) in [6.07, 6.45) is 0.921. The molecule has 1 aromatic carbocycles. The van der Waals surface area contributed by atoms with Crippen LogP contribution in [0, 0.1) is 0 Å². The van der Waals surface area contributed by atoms with Crippen molar-refractivity contribution in [2.45, 2.75) is 12.8 Å². The van der Waals surface area contributed by atoms with Crippen molar-refractivity contribution >= 4 is 5.91 Å². The Hall–Kier alpha value is -1.78. The lowest BCUT2D eigenvalue weighted by atomic mass is 10.0. The van der Waals surface area contributed by atoms with Crippen molar-refractivity contribution in [1.82, 2.24) is 0 Å². The maximum Gasteiger partial charge on any atom is 0.252 e. The number of methoxy groups -OCH3 is 2. The number of ether oxygens (including phenoxy) is 2. The zero-order valence-corrected chi connectivity index (χ0v) is 9.96. The van der Waals surface area contributed by atoms with Crippen LogP contribution in [-0.4, -0.2) is 26.8 Å². The Kier molecular flexibility index (Phi) is 4.75. The van der Waals surface area contributed by atoms with Gasteiger partial charge in [-0.25, -0.2) is 0 Å². The van der Waals surface area contributed by atoms with Gasteiger partial charge in [0.2, 0.25) is 0 Å². The Morgan fingerprint density at radius 3 is 2.53 bits per heavy atom. The third kappa shape index (κ3) is 3.09. The minimum Gasteiger partial charge on any atom is -0.493 e. The van der Waals surface area contributed by atoms with Crippen molar-refractivity contribution in [3.63, 3.8) is 0 Å². The van der Waals surface area contributed by atoms with E-state index in [0.29, 0.717) is 24.3 Å². The van der Waals surface area contributed by atoms with Gasteiger partial charge in [0.1, 0.15) is 0 Å². The summed E-state index contributed by atoms with van der Waals surface area (Å²) in [5.74, 6) is 0.143. The molecule has 0 aliphatic rings. The normalized spacial score (nSPS) is 10.1. The molecule has 0 radical (unpaired) electrons. The molecular weight excluding hydrogens is 225 g/mol. The average molecular weight is 241 g/mol. The molecule has 0 saturated carbocycles. The molecule has 1 amide bonds. The minimum absolute atomic E-state index is 0.251. The van der Waals surface area contributed by atoms with Crippen molar-refractivity contribution < 1.29 is 18.7 Å². The van der Waals surface area contributed by atoms with E-state index < -0.39 is 12.6 Å². The second-order valence-electron chi connectivity index (χ2n) is 3.54. The zero-order chi connectivity index (χ0) is 12.8. The highest BCUT2D eigenvalue weighted by molar-refractivity contribution is 5.96. The van der Waals surface area contributed by atoms with Crippen LogP contribution in [0.4, 0.5) is 4.39 Å². The predicted octanol–water partition coefficient (Wildman–Crippen LogP) is 1.70. The number of amides is 1. The molecule has 17 heavy (non-hydrogen) atoms. The summed E-state index contributed by atoms with van der Waals surface area (Å²) in [6, 6.07) is 3.33. The van der Waals surface area contributed by atoms with Gasteiger partial charge in [0.05, 0.1) is 26.5 Å². The number of primary amides is 1. The van der Waals surface area contributed by atoms with Gasteiger partial charge < -0.3 is 15.2 Å². The maximum absolute atomic E-state index is 12.1. The van der Waals surface area contributed by atoms with E-state index in [0.717, 1.165) is 5.56 Å². The molecule has 4 nitrogen and oxygen atoms in total. The van der Waals surface area contributed by atoms with Crippen LogP contribution in [0.3, 0.4) is 0 Å². The summed E-state index contributed by atoms with van der Waals surface area (Å²) in [5.41, 5.74) is 6.31. The van der Waals surface area contributed by atoms with Crippen LogP contribution < -0.4 is 15.2 Å². The van der Waals surface area contributed by atoms with Crippen molar-refractivity contribution in [3.8, 4) is 11.5 Å². The Labute approximate surface area is 99.5 Å². The van der Waals surface area contributed by atoms with Crippen molar-refractivity contribution in [3.05, 3.63) is 23.3 Å². The molecule has 94 valence electrons. The number of nitrogens with two attached hydrogens (primary N) is 1. The summed E-state index contributed by atoms with van der Waals surface area (Å²) < 4.78 is 22.3. The molecule has 2 N–H and O–H groups in total. The van der Waals surface area contributed by atoms with Gasteiger partial charge in [0, 0.05) is 0 Å². The topological polar surface area (TPSA) is 61.5 Å². The molecule has 0 saturated heterocycles. The SMILES string of the molecule is COc1cc(CCCF)cc(C(N)=O)c1OC. The van der Waals surface area contributed by atoms with E-state index in [2.05, 4.69) is 0 Å². The quantitative estimate of drug-likeness (QED) is 0.824. The van der Waals surface area contributed by atoms with Gasteiger partial charge in [-0.15, -0.1) is 0 Å². The molecular formula is C12H16FNO3. The van der Waals surface area contributed by atoms with Gasteiger partial charge in [-0.2, -0.15) is 0 Å². The number of hydrogen-bond donors (Lipinski definition) is 1. The number of carbonyl (C=O) groups is 1. The van der Waals surface area contributed by atoms with Crippen LogP contribution in [0.5, 0.6) is 11.5 Å². The maximum atomic E-state index is 12.1. The summed E-state index contributed by atoms with van der Waals surface area (Å²) in [7, 11) is 2.91. The largest absolute Gasteiger partial charge is 0.493 e. The van der Waals surface area contributed by atoms with E-state index >= 15 is 0 Å². The van der Waals surface area contributed by atoms with Crippen LogP contribution >= 0.6 is 0 Å². The molecule has 0 spiro atoms. The van der Waals surface area contributed by atoms with Crippen LogP contribution in [0.2, 0.25) is 0 Å². The molecule has 1 aromatic rings. The fraction of sp³-hybridized carbons (Fsp3) is 0.417. The first-order valence-corrected chi connectivity index (χ1v) is 5.24. The number of benzene rings is 1. The van der Waals surface area contributed by atoms with E-state index in [4.69, 9.17) is 15.2 Å². The highest BCUT2D eigenvalue weighted by Gasteiger charge is 2.16. The number of aryl methyl sites for hydroxylation is 1. The molecule has 1 rings (SSSR count). The molecule has 0 aliphatic heterocycles. The number of hydrogen-bond acceptors (Lipinski definition) is 3. The monoisotopic (exact) mass is 241 g/mol. The third-order valence-electron chi connectivity index (χ3n) is 2.40. The Bertz CT molecular complexity index is 407. The van der Waals surface area contributed by atoms with E-state index in [-0.39, 0.29) is 5.56 Å². The molecule has 0 aliphatic carbocycles. The zero-order valence-electron chi connectivity index (χ0n) is 9.96. The van der Waals surface area contributed by atoms with Gasteiger partial charge in [-0.3, -0.25) is 9.18 Å². The highest BCUT2D eigenvalue weighted by atomic mass is 19.1. The first-order valence-electron chi connectivity index (χ1n) is 5.24. The summed E-state index contributed by atoms with van der Waals surface area (Å²) in [6.45, 7) is -0.403. The Balaban J connectivity index is 3.20. The molecule has 0 fully saturated rings. The fourth-order valence-corrected chi connectivity index (χ4v) is 1.62. The van der Waals surface area contributed by atoms with Crippen LogP contribution in [0.15, 0.2) is 12.1 Å². The number of rotatable bonds is 6. The molecule has 0 bridgehead atoms. The fourth-order valence-electron chi connectivity index (χ4n) is 1.62. The van der Waals surface area contributed by atoms with E-state index in [1.807, 2.05) is 0 Å². The minimum atomic E-state index is -0.595. The Morgan fingerprint density at radius 1 is 1.35 bits per heavy atom. The lowest BCUT2D eigenvalue weighted by Crippen LogP contribution is -2.13. The van der Waals surface area contributed by atoms with Gasteiger partial charge in [0.15, 0.2) is 11.5 Å². The van der Waals surface area contributed by atoms with E-state index in [1.165, 1.54) is 14.2 Å². The molecule has 5 heteroatoms. The van der Waals surface area contributed by atoms with Gasteiger partial charge >= 0.3 is 0 Å². The average Bonchev–Trinajstić information content (AvgIpc) is 2.34. The number of carbonyl (C=O) groups excluding carboxylic acids is 1. The summed E-state index contributed by atoms with van der Waals surface area (Å²) in [5, 5.41) is 0. The molecule has 0 heterocycles. The van der Waals surface area contributed by atoms with Crippen molar-refractivity contribution in [2.75, 3.05) is 20.9 Å². The standard InChI is InChI=1S/C12H16FNO3/c1-16-10-7-8(4-3-5-13)6-9(12(14)15)11(10)17-2/h6-7H,3-5H2,1-2H3,(H2,14,15). The van der Waals surface area contributed by atoms with E-state index in [9.17, 15) is 9.18 Å². The van der Waals surface area contributed by atoms with Crippen molar-refractivity contribution in [2.24, 2.45) is 5.73 Å². The first-order chi connectivity index (χ1) is 8.13. The third-order valence-corrected chi connectivity index (χ3v) is 2.40. The highest BCUT2D eigenvalue weighted by Crippen LogP contribution is 2.32. The Morgan fingerprint density at radius 2 is 2.06 bits per heavy atom. The van der Waals surface area contributed by atoms with Gasteiger partial charge in [-0.1, -0.05) is 0 Å². The smallest absolute Gasteiger partial charge is 0.252 e. The lowest BCUT2D eigenvalue weighted by Gasteiger charge is -2.13.